The Morgan fingerprint density at radius 3 is 2.41 bits per heavy atom. The maximum atomic E-state index is 12.8. The lowest BCUT2D eigenvalue weighted by Crippen LogP contribution is -2.05. The van der Waals surface area contributed by atoms with Crippen molar-refractivity contribution in [1.29, 1.82) is 0 Å². The van der Waals surface area contributed by atoms with Gasteiger partial charge < -0.3 is 14.8 Å². The predicted molar refractivity (Wildman–Crippen MR) is 95.3 cm³/mol. The van der Waals surface area contributed by atoms with E-state index in [0.717, 1.165) is 17.7 Å². The van der Waals surface area contributed by atoms with Gasteiger partial charge in [-0.05, 0) is 42.5 Å². The first-order valence-corrected chi connectivity index (χ1v) is 7.90. The second kappa shape index (κ2) is 7.53. The van der Waals surface area contributed by atoms with Gasteiger partial charge in [-0.2, -0.15) is 13.2 Å². The van der Waals surface area contributed by atoms with Crippen molar-refractivity contribution in [2.75, 3.05) is 19.5 Å². The average molecular weight is 375 g/mol. The fourth-order valence-corrected chi connectivity index (χ4v) is 2.48. The molecular weight excluding hydrogens is 359 g/mol. The van der Waals surface area contributed by atoms with E-state index in [0.29, 0.717) is 17.2 Å². The molecule has 2 aromatic carbocycles. The molecule has 1 heterocycles. The van der Waals surface area contributed by atoms with Gasteiger partial charge in [-0.25, -0.2) is 9.97 Å². The van der Waals surface area contributed by atoms with Crippen LogP contribution in [0.4, 0.5) is 24.8 Å². The molecule has 8 heteroatoms. The summed E-state index contributed by atoms with van der Waals surface area (Å²) in [6.07, 6.45) is -2.89. The zero-order chi connectivity index (χ0) is 19.4. The first-order chi connectivity index (χ1) is 12.9. The van der Waals surface area contributed by atoms with Crippen LogP contribution in [0.3, 0.4) is 0 Å². The number of nitrogens with zero attached hydrogens (tertiary/aromatic N) is 2. The van der Waals surface area contributed by atoms with Crippen LogP contribution in [-0.4, -0.2) is 24.2 Å². The van der Waals surface area contributed by atoms with Crippen LogP contribution in [0.5, 0.6) is 11.5 Å². The molecule has 3 rings (SSSR count). The fourth-order valence-electron chi connectivity index (χ4n) is 2.48. The van der Waals surface area contributed by atoms with Crippen molar-refractivity contribution >= 4 is 11.6 Å². The van der Waals surface area contributed by atoms with Gasteiger partial charge in [0.05, 0.1) is 25.5 Å². The third-order valence-corrected chi connectivity index (χ3v) is 3.78. The van der Waals surface area contributed by atoms with Gasteiger partial charge in [0.1, 0.15) is 0 Å². The third kappa shape index (κ3) is 4.28. The van der Waals surface area contributed by atoms with Gasteiger partial charge in [-0.3, -0.25) is 0 Å². The maximum Gasteiger partial charge on any atom is 0.416 e. The van der Waals surface area contributed by atoms with Crippen molar-refractivity contribution in [1.82, 2.24) is 9.97 Å². The number of ether oxygens (including phenoxy) is 2. The van der Waals surface area contributed by atoms with Gasteiger partial charge in [0.2, 0.25) is 5.95 Å². The highest BCUT2D eigenvalue weighted by Crippen LogP contribution is 2.33. The van der Waals surface area contributed by atoms with Crippen LogP contribution in [-0.2, 0) is 6.18 Å². The first-order valence-electron chi connectivity index (χ1n) is 7.90. The normalized spacial score (nSPS) is 11.1. The summed E-state index contributed by atoms with van der Waals surface area (Å²) in [6, 6.07) is 11.9. The number of benzene rings is 2. The van der Waals surface area contributed by atoms with E-state index in [2.05, 4.69) is 15.3 Å². The lowest BCUT2D eigenvalue weighted by atomic mass is 10.1. The molecule has 0 aliphatic rings. The van der Waals surface area contributed by atoms with Crippen molar-refractivity contribution in [2.24, 2.45) is 0 Å². The molecule has 0 fully saturated rings. The van der Waals surface area contributed by atoms with Crippen molar-refractivity contribution in [3.63, 3.8) is 0 Å². The molecule has 1 aromatic heterocycles. The Labute approximate surface area is 153 Å². The minimum atomic E-state index is -4.42. The standard InChI is InChI=1S/C19H16F3N3O2/c1-26-16-7-6-12(10-17(16)27-2)15-8-9-23-18(25-15)24-14-5-3-4-13(11-14)19(20,21)22/h3-11H,1-2H3,(H,23,24,25). The highest BCUT2D eigenvalue weighted by atomic mass is 19.4. The average Bonchev–Trinajstić information content (AvgIpc) is 2.67. The molecule has 0 unspecified atom stereocenters. The number of rotatable bonds is 5. The van der Waals surface area contributed by atoms with E-state index in [4.69, 9.17) is 9.47 Å². The molecule has 0 saturated carbocycles. The van der Waals surface area contributed by atoms with Crippen LogP contribution in [0, 0.1) is 0 Å². The van der Waals surface area contributed by atoms with Gasteiger partial charge in [0, 0.05) is 17.4 Å². The molecule has 0 atom stereocenters. The molecule has 27 heavy (non-hydrogen) atoms. The predicted octanol–water partition coefficient (Wildman–Crippen LogP) is 4.92. The summed E-state index contributed by atoms with van der Waals surface area (Å²) in [5, 5.41) is 2.80. The SMILES string of the molecule is COc1ccc(-c2ccnc(Nc3cccc(C(F)(F)F)c3)n2)cc1OC. The van der Waals surface area contributed by atoms with Crippen LogP contribution in [0.15, 0.2) is 54.7 Å². The molecule has 0 spiro atoms. The van der Waals surface area contributed by atoms with E-state index < -0.39 is 11.7 Å². The maximum absolute atomic E-state index is 12.8. The largest absolute Gasteiger partial charge is 0.493 e. The summed E-state index contributed by atoms with van der Waals surface area (Å²) in [4.78, 5) is 8.43. The Hall–Kier alpha value is -3.29. The highest BCUT2D eigenvalue weighted by molar-refractivity contribution is 5.65. The fraction of sp³-hybridized carbons (Fsp3) is 0.158. The first kappa shape index (κ1) is 18.5. The molecule has 0 amide bonds. The Morgan fingerprint density at radius 2 is 1.70 bits per heavy atom. The van der Waals surface area contributed by atoms with E-state index >= 15 is 0 Å². The van der Waals surface area contributed by atoms with Crippen molar-refractivity contribution in [3.05, 3.63) is 60.3 Å². The molecule has 1 N–H and O–H groups in total. The summed E-state index contributed by atoms with van der Waals surface area (Å²) in [5.41, 5.74) is 0.834. The van der Waals surface area contributed by atoms with Crippen LogP contribution in [0.25, 0.3) is 11.3 Å². The monoisotopic (exact) mass is 375 g/mol. The second-order valence-electron chi connectivity index (χ2n) is 5.54. The number of aromatic nitrogens is 2. The van der Waals surface area contributed by atoms with Gasteiger partial charge in [0.25, 0.3) is 0 Å². The molecule has 140 valence electrons. The molecular formula is C19H16F3N3O2. The summed E-state index contributed by atoms with van der Waals surface area (Å²) in [6.45, 7) is 0. The minimum Gasteiger partial charge on any atom is -0.493 e. The Bertz CT molecular complexity index is 945. The van der Waals surface area contributed by atoms with Gasteiger partial charge in [-0.1, -0.05) is 6.07 Å². The van der Waals surface area contributed by atoms with Crippen LogP contribution in [0.1, 0.15) is 5.56 Å². The summed E-state index contributed by atoms with van der Waals surface area (Å²) in [5.74, 6) is 1.31. The summed E-state index contributed by atoms with van der Waals surface area (Å²) < 4.78 is 49.0. The van der Waals surface area contributed by atoms with Gasteiger partial charge in [-0.15, -0.1) is 0 Å². The number of anilines is 2. The highest BCUT2D eigenvalue weighted by Gasteiger charge is 2.30. The Morgan fingerprint density at radius 1 is 0.926 bits per heavy atom. The van der Waals surface area contributed by atoms with E-state index in [9.17, 15) is 13.2 Å². The molecule has 0 bridgehead atoms. The molecule has 0 aliphatic carbocycles. The van der Waals surface area contributed by atoms with E-state index in [1.807, 2.05) is 0 Å². The van der Waals surface area contributed by atoms with E-state index in [-0.39, 0.29) is 11.6 Å². The van der Waals surface area contributed by atoms with Crippen molar-refractivity contribution in [3.8, 4) is 22.8 Å². The van der Waals surface area contributed by atoms with Crippen molar-refractivity contribution < 1.29 is 22.6 Å². The topological polar surface area (TPSA) is 56.3 Å². The second-order valence-corrected chi connectivity index (χ2v) is 5.54. The van der Waals surface area contributed by atoms with Crippen LogP contribution < -0.4 is 14.8 Å². The summed E-state index contributed by atoms with van der Waals surface area (Å²) in [7, 11) is 3.07. The van der Waals surface area contributed by atoms with Gasteiger partial charge in [0.15, 0.2) is 11.5 Å². The Balaban J connectivity index is 1.89. The third-order valence-electron chi connectivity index (χ3n) is 3.78. The lowest BCUT2D eigenvalue weighted by Gasteiger charge is -2.11. The van der Waals surface area contributed by atoms with E-state index in [1.165, 1.54) is 25.4 Å². The van der Waals surface area contributed by atoms with Gasteiger partial charge >= 0.3 is 6.18 Å². The van der Waals surface area contributed by atoms with E-state index in [1.54, 1.807) is 31.4 Å². The summed E-state index contributed by atoms with van der Waals surface area (Å²) >= 11 is 0. The number of halogens is 3. The number of nitrogens with one attached hydrogen (secondary N) is 1. The molecule has 0 aliphatic heterocycles. The molecule has 0 radical (unpaired) electrons. The zero-order valence-corrected chi connectivity index (χ0v) is 14.5. The number of methoxy groups -OCH3 is 2. The smallest absolute Gasteiger partial charge is 0.416 e. The number of hydrogen-bond donors (Lipinski definition) is 1. The molecule has 5 nitrogen and oxygen atoms in total. The van der Waals surface area contributed by atoms with Crippen LogP contribution >= 0.6 is 0 Å². The van der Waals surface area contributed by atoms with Crippen LogP contribution in [0.2, 0.25) is 0 Å². The number of alkyl halides is 3. The zero-order valence-electron chi connectivity index (χ0n) is 14.5. The molecule has 3 aromatic rings. The lowest BCUT2D eigenvalue weighted by molar-refractivity contribution is -0.137. The van der Waals surface area contributed by atoms with Crippen molar-refractivity contribution in [2.45, 2.75) is 6.18 Å². The quantitative estimate of drug-likeness (QED) is 0.686. The minimum absolute atomic E-state index is 0.182. The Kier molecular flexibility index (Phi) is 5.16. The molecule has 0 saturated heterocycles. The number of hydrogen-bond acceptors (Lipinski definition) is 5.